The van der Waals surface area contributed by atoms with Crippen LogP contribution in [0.4, 0.5) is 0 Å². The Morgan fingerprint density at radius 1 is 1.41 bits per heavy atom. The highest BCUT2D eigenvalue weighted by atomic mass is 16.4. The van der Waals surface area contributed by atoms with Crippen molar-refractivity contribution in [3.05, 3.63) is 0 Å². The second-order valence-electron chi connectivity index (χ2n) is 5.83. The highest BCUT2D eigenvalue weighted by Gasteiger charge is 2.37. The van der Waals surface area contributed by atoms with E-state index in [9.17, 15) is 15.0 Å². The zero-order valence-corrected chi connectivity index (χ0v) is 11.1. The summed E-state index contributed by atoms with van der Waals surface area (Å²) in [6.45, 7) is 6.01. The molecule has 0 radical (unpaired) electrons. The first-order chi connectivity index (χ1) is 7.90. The molecular weight excluding hydrogens is 218 g/mol. The molecule has 1 aliphatic carbocycles. The number of aliphatic hydroxyl groups excluding tert-OH is 1. The quantitative estimate of drug-likeness (QED) is 0.686. The summed E-state index contributed by atoms with van der Waals surface area (Å²) in [6.07, 6.45) is 3.83. The molecule has 0 amide bonds. The molecule has 4 heteroatoms. The number of hydrogen-bond acceptors (Lipinski definition) is 3. The fraction of sp³-hybridized carbons (Fsp3) is 0.923. The molecule has 1 atom stereocenters. The van der Waals surface area contributed by atoms with Crippen LogP contribution < -0.4 is 5.32 Å². The van der Waals surface area contributed by atoms with Crippen LogP contribution in [0.1, 0.15) is 46.5 Å². The van der Waals surface area contributed by atoms with Crippen LogP contribution >= 0.6 is 0 Å². The second kappa shape index (κ2) is 5.83. The summed E-state index contributed by atoms with van der Waals surface area (Å²) in [4.78, 5) is 11.2. The van der Waals surface area contributed by atoms with Gasteiger partial charge in [0.25, 0.3) is 0 Å². The first-order valence-corrected chi connectivity index (χ1v) is 6.51. The Labute approximate surface area is 103 Å². The van der Waals surface area contributed by atoms with E-state index in [0.29, 0.717) is 5.92 Å². The third-order valence-electron chi connectivity index (χ3n) is 3.93. The maximum absolute atomic E-state index is 11.2. The van der Waals surface area contributed by atoms with Crippen LogP contribution in [0.15, 0.2) is 0 Å². The number of carbonyl (C=O) groups is 1. The fourth-order valence-electron chi connectivity index (χ4n) is 2.51. The van der Waals surface area contributed by atoms with Crippen molar-refractivity contribution in [3.8, 4) is 0 Å². The van der Waals surface area contributed by atoms with Crippen LogP contribution in [0.2, 0.25) is 0 Å². The SMILES string of the molecule is CC1CCC(CO)(NC(C(=O)O)C(C)C)CC1. The molecule has 0 saturated heterocycles. The summed E-state index contributed by atoms with van der Waals surface area (Å²) < 4.78 is 0. The zero-order chi connectivity index (χ0) is 13.1. The Kier molecular flexibility index (Phi) is 4.95. The van der Waals surface area contributed by atoms with Gasteiger partial charge in [-0.25, -0.2) is 0 Å². The summed E-state index contributed by atoms with van der Waals surface area (Å²) in [6, 6.07) is -0.574. The first-order valence-electron chi connectivity index (χ1n) is 6.51. The molecule has 0 aliphatic heterocycles. The molecular formula is C13H25NO3. The number of aliphatic hydroxyl groups is 1. The van der Waals surface area contributed by atoms with Crippen LogP contribution in [0.5, 0.6) is 0 Å². The van der Waals surface area contributed by atoms with E-state index in [1.54, 1.807) is 0 Å². The lowest BCUT2D eigenvalue weighted by atomic mass is 9.76. The van der Waals surface area contributed by atoms with Crippen molar-refractivity contribution < 1.29 is 15.0 Å². The average Bonchev–Trinajstić information content (AvgIpc) is 2.28. The molecule has 100 valence electrons. The Balaban J connectivity index is 2.70. The number of rotatable bonds is 5. The van der Waals surface area contributed by atoms with Gasteiger partial charge in [0.2, 0.25) is 0 Å². The summed E-state index contributed by atoms with van der Waals surface area (Å²) in [5.74, 6) is -0.125. The number of hydrogen-bond donors (Lipinski definition) is 3. The number of aliphatic carboxylic acids is 1. The molecule has 0 aromatic carbocycles. The number of carboxylic acid groups (broad SMARTS) is 1. The molecule has 1 saturated carbocycles. The highest BCUT2D eigenvalue weighted by molar-refractivity contribution is 5.73. The van der Waals surface area contributed by atoms with Crippen LogP contribution in [0, 0.1) is 11.8 Å². The minimum Gasteiger partial charge on any atom is -0.480 e. The van der Waals surface area contributed by atoms with E-state index < -0.39 is 12.0 Å². The minimum atomic E-state index is -0.827. The van der Waals surface area contributed by atoms with E-state index in [1.807, 2.05) is 13.8 Å². The topological polar surface area (TPSA) is 69.6 Å². The van der Waals surface area contributed by atoms with Crippen LogP contribution in [-0.4, -0.2) is 34.4 Å². The van der Waals surface area contributed by atoms with Crippen molar-refractivity contribution >= 4 is 5.97 Å². The fourth-order valence-corrected chi connectivity index (χ4v) is 2.51. The predicted molar refractivity (Wildman–Crippen MR) is 66.8 cm³/mol. The van der Waals surface area contributed by atoms with Crippen LogP contribution in [0.3, 0.4) is 0 Å². The molecule has 0 heterocycles. The zero-order valence-electron chi connectivity index (χ0n) is 11.1. The van der Waals surface area contributed by atoms with E-state index in [0.717, 1.165) is 25.7 Å². The van der Waals surface area contributed by atoms with Crippen LogP contribution in [0.25, 0.3) is 0 Å². The van der Waals surface area contributed by atoms with Gasteiger partial charge in [-0.05, 0) is 37.5 Å². The third kappa shape index (κ3) is 3.68. The summed E-state index contributed by atoms with van der Waals surface area (Å²) in [5.41, 5.74) is -0.389. The van der Waals surface area contributed by atoms with Crippen molar-refractivity contribution in [1.29, 1.82) is 0 Å². The molecule has 0 aromatic heterocycles. The molecule has 1 unspecified atom stereocenters. The van der Waals surface area contributed by atoms with Crippen molar-refractivity contribution in [2.45, 2.75) is 58.0 Å². The highest BCUT2D eigenvalue weighted by Crippen LogP contribution is 2.32. The van der Waals surface area contributed by atoms with Crippen molar-refractivity contribution in [1.82, 2.24) is 5.32 Å². The second-order valence-corrected chi connectivity index (χ2v) is 5.83. The maximum atomic E-state index is 11.2. The average molecular weight is 243 g/mol. The molecule has 0 bridgehead atoms. The van der Waals surface area contributed by atoms with Gasteiger partial charge in [-0.1, -0.05) is 20.8 Å². The predicted octanol–water partition coefficient (Wildman–Crippen LogP) is 1.63. The van der Waals surface area contributed by atoms with E-state index in [4.69, 9.17) is 0 Å². The molecule has 4 nitrogen and oxygen atoms in total. The molecule has 0 aromatic rings. The standard InChI is InChI=1S/C13H25NO3/c1-9(2)11(12(16)17)14-13(8-15)6-4-10(3)5-7-13/h9-11,14-15H,4-8H2,1-3H3,(H,16,17). The van der Waals surface area contributed by atoms with E-state index in [2.05, 4.69) is 12.2 Å². The van der Waals surface area contributed by atoms with Crippen molar-refractivity contribution in [3.63, 3.8) is 0 Å². The van der Waals surface area contributed by atoms with Gasteiger partial charge in [0.15, 0.2) is 0 Å². The lowest BCUT2D eigenvalue weighted by molar-refractivity contribution is -0.141. The van der Waals surface area contributed by atoms with Gasteiger partial charge in [0.1, 0.15) is 6.04 Å². The van der Waals surface area contributed by atoms with Gasteiger partial charge < -0.3 is 10.2 Å². The van der Waals surface area contributed by atoms with Crippen LogP contribution in [-0.2, 0) is 4.79 Å². The summed E-state index contributed by atoms with van der Waals surface area (Å²) in [7, 11) is 0. The molecule has 3 N–H and O–H groups in total. The monoisotopic (exact) mass is 243 g/mol. The third-order valence-corrected chi connectivity index (χ3v) is 3.93. The summed E-state index contributed by atoms with van der Waals surface area (Å²) in [5, 5.41) is 22.0. The number of carboxylic acids is 1. The maximum Gasteiger partial charge on any atom is 0.320 e. The van der Waals surface area contributed by atoms with Gasteiger partial charge >= 0.3 is 5.97 Å². The Bertz CT molecular complexity index is 257. The van der Waals surface area contributed by atoms with Gasteiger partial charge in [0.05, 0.1) is 6.61 Å². The van der Waals surface area contributed by atoms with Crippen molar-refractivity contribution in [2.24, 2.45) is 11.8 Å². The van der Waals surface area contributed by atoms with E-state index in [1.165, 1.54) is 0 Å². The van der Waals surface area contributed by atoms with E-state index >= 15 is 0 Å². The summed E-state index contributed by atoms with van der Waals surface area (Å²) >= 11 is 0. The van der Waals surface area contributed by atoms with Gasteiger partial charge in [-0.2, -0.15) is 0 Å². The smallest absolute Gasteiger partial charge is 0.320 e. The molecule has 17 heavy (non-hydrogen) atoms. The van der Waals surface area contributed by atoms with Crippen molar-refractivity contribution in [2.75, 3.05) is 6.61 Å². The van der Waals surface area contributed by atoms with E-state index in [-0.39, 0.29) is 18.1 Å². The number of nitrogens with one attached hydrogen (secondary N) is 1. The first kappa shape index (κ1) is 14.5. The molecule has 1 aliphatic rings. The van der Waals surface area contributed by atoms with Gasteiger partial charge in [0, 0.05) is 5.54 Å². The van der Waals surface area contributed by atoms with Gasteiger partial charge in [-0.15, -0.1) is 0 Å². The Hall–Kier alpha value is -0.610. The lowest BCUT2D eigenvalue weighted by Crippen LogP contribution is -2.58. The molecule has 1 fully saturated rings. The Morgan fingerprint density at radius 2 is 1.94 bits per heavy atom. The Morgan fingerprint density at radius 3 is 2.29 bits per heavy atom. The lowest BCUT2D eigenvalue weighted by Gasteiger charge is -2.41. The molecule has 1 rings (SSSR count). The normalized spacial score (nSPS) is 31.5. The van der Waals surface area contributed by atoms with Gasteiger partial charge in [-0.3, -0.25) is 10.1 Å². The minimum absolute atomic E-state index is 0.0234. The molecule has 0 spiro atoms. The largest absolute Gasteiger partial charge is 0.480 e.